The van der Waals surface area contributed by atoms with Crippen LogP contribution in [0.4, 0.5) is 0 Å². The largest absolute Gasteiger partial charge is 0.463 e. The van der Waals surface area contributed by atoms with Crippen molar-refractivity contribution < 1.29 is 22.4 Å². The summed E-state index contributed by atoms with van der Waals surface area (Å²) in [6.45, 7) is 1.54. The predicted octanol–water partition coefficient (Wildman–Crippen LogP) is 1.70. The first-order valence-electron chi connectivity index (χ1n) is 7.63. The lowest BCUT2D eigenvalue weighted by molar-refractivity contribution is 0.0563. The number of hydrogen-bond donors (Lipinski definition) is 1. The van der Waals surface area contributed by atoms with Gasteiger partial charge in [-0.25, -0.2) is 17.9 Å². The van der Waals surface area contributed by atoms with Crippen LogP contribution in [0.15, 0.2) is 15.4 Å². The average Bonchev–Trinajstić information content (AvgIpc) is 2.89. The molecule has 6 nitrogen and oxygen atoms in total. The Hall–Kier alpha value is -1.34. The van der Waals surface area contributed by atoms with E-state index in [1.807, 2.05) is 0 Å². The van der Waals surface area contributed by atoms with Crippen LogP contribution >= 0.6 is 0 Å². The lowest BCUT2D eigenvalue weighted by Crippen LogP contribution is -2.30. The molecular weight excluding hydrogens is 306 g/mol. The van der Waals surface area contributed by atoms with Crippen molar-refractivity contribution in [2.24, 2.45) is 23.7 Å². The van der Waals surface area contributed by atoms with Crippen molar-refractivity contribution in [3.05, 3.63) is 17.6 Å². The fourth-order valence-corrected chi connectivity index (χ4v) is 6.14. The van der Waals surface area contributed by atoms with Crippen molar-refractivity contribution in [2.45, 2.75) is 37.1 Å². The summed E-state index contributed by atoms with van der Waals surface area (Å²) in [5.74, 6) is 1.86. The Kier molecular flexibility index (Phi) is 2.97. The summed E-state index contributed by atoms with van der Waals surface area (Å²) in [4.78, 5) is 11.5. The summed E-state index contributed by atoms with van der Waals surface area (Å²) in [6, 6.07) is 1.31. The van der Waals surface area contributed by atoms with Crippen molar-refractivity contribution >= 4 is 16.0 Å². The van der Waals surface area contributed by atoms with Crippen LogP contribution in [0.1, 0.15) is 35.6 Å². The number of furan rings is 1. The topological polar surface area (TPSA) is 85.6 Å². The van der Waals surface area contributed by atoms with Crippen LogP contribution in [-0.2, 0) is 14.8 Å². The molecule has 0 saturated heterocycles. The lowest BCUT2D eigenvalue weighted by atomic mass is 10.0. The number of carbonyl (C=O) groups excluding carboxylic acids is 1. The summed E-state index contributed by atoms with van der Waals surface area (Å²) >= 11 is 0. The SMILES string of the molecule is COC(=O)c1cc(S(=O)(=O)NC2C3C4CCC(C4)C23)c(C)o1. The Balaban J connectivity index is 1.55. The quantitative estimate of drug-likeness (QED) is 0.852. The van der Waals surface area contributed by atoms with Crippen LogP contribution in [-0.4, -0.2) is 27.5 Å². The highest BCUT2D eigenvalue weighted by Gasteiger charge is 2.65. The first-order valence-corrected chi connectivity index (χ1v) is 9.12. The molecule has 2 bridgehead atoms. The van der Waals surface area contributed by atoms with E-state index in [1.54, 1.807) is 6.92 Å². The Morgan fingerprint density at radius 2 is 1.95 bits per heavy atom. The van der Waals surface area contributed by atoms with Gasteiger partial charge >= 0.3 is 5.97 Å². The number of fused-ring (bicyclic) bond motifs is 5. The van der Waals surface area contributed by atoms with Crippen molar-refractivity contribution in [1.29, 1.82) is 0 Å². The van der Waals surface area contributed by atoms with E-state index in [9.17, 15) is 13.2 Å². The molecule has 4 rings (SSSR count). The molecule has 0 radical (unpaired) electrons. The molecule has 4 atom stereocenters. The number of carbonyl (C=O) groups is 1. The second-order valence-corrected chi connectivity index (χ2v) is 8.34. The maximum absolute atomic E-state index is 12.6. The van der Waals surface area contributed by atoms with Gasteiger partial charge in [-0.05, 0) is 49.9 Å². The number of sulfonamides is 1. The molecule has 0 amide bonds. The minimum atomic E-state index is -3.66. The third kappa shape index (κ3) is 1.95. The Morgan fingerprint density at radius 3 is 2.55 bits per heavy atom. The second-order valence-electron chi connectivity index (χ2n) is 6.66. The van der Waals surface area contributed by atoms with E-state index >= 15 is 0 Å². The van der Waals surface area contributed by atoms with Gasteiger partial charge in [-0.2, -0.15) is 0 Å². The number of rotatable bonds is 4. The minimum Gasteiger partial charge on any atom is -0.463 e. The molecule has 3 aliphatic carbocycles. The molecular formula is C15H19NO5S. The molecule has 1 aromatic heterocycles. The average molecular weight is 325 g/mol. The summed E-state index contributed by atoms with van der Waals surface area (Å²) in [5.41, 5.74) is 0. The fourth-order valence-electron chi connectivity index (χ4n) is 4.66. The molecule has 1 N–H and O–H groups in total. The minimum absolute atomic E-state index is 0.0326. The van der Waals surface area contributed by atoms with Gasteiger partial charge < -0.3 is 9.15 Å². The van der Waals surface area contributed by atoms with E-state index in [0.29, 0.717) is 23.7 Å². The van der Waals surface area contributed by atoms with Crippen molar-refractivity contribution in [2.75, 3.05) is 7.11 Å². The normalized spacial score (nSPS) is 35.5. The van der Waals surface area contributed by atoms with Gasteiger partial charge in [0.05, 0.1) is 7.11 Å². The van der Waals surface area contributed by atoms with Crippen molar-refractivity contribution in [1.82, 2.24) is 4.72 Å². The van der Waals surface area contributed by atoms with Crippen LogP contribution in [0.5, 0.6) is 0 Å². The maximum Gasteiger partial charge on any atom is 0.373 e. The van der Waals surface area contributed by atoms with Crippen molar-refractivity contribution in [3.8, 4) is 0 Å². The molecule has 3 saturated carbocycles. The zero-order chi connectivity index (χ0) is 15.6. The second kappa shape index (κ2) is 4.58. The summed E-state index contributed by atoms with van der Waals surface area (Å²) in [7, 11) is -2.43. The van der Waals surface area contributed by atoms with Gasteiger partial charge in [-0.3, -0.25) is 0 Å². The molecule has 0 spiro atoms. The molecule has 4 unspecified atom stereocenters. The number of esters is 1. The smallest absolute Gasteiger partial charge is 0.373 e. The first-order chi connectivity index (χ1) is 10.4. The van der Waals surface area contributed by atoms with E-state index in [0.717, 1.165) is 0 Å². The standard InChI is InChI=1S/C15H19NO5S/c1-7-11(6-10(21-7)15(17)20-2)22(18,19)16-14-12-8-3-4-9(5-8)13(12)14/h6,8-9,12-14,16H,3-5H2,1-2H3. The Morgan fingerprint density at radius 1 is 1.32 bits per heavy atom. The monoisotopic (exact) mass is 325 g/mol. The fraction of sp³-hybridized carbons (Fsp3) is 0.667. The van der Waals surface area contributed by atoms with E-state index in [-0.39, 0.29) is 22.5 Å². The number of methoxy groups -OCH3 is 1. The maximum atomic E-state index is 12.6. The van der Waals surface area contributed by atoms with E-state index in [4.69, 9.17) is 4.42 Å². The molecule has 3 aliphatic rings. The summed E-state index contributed by atoms with van der Waals surface area (Å²) in [6.07, 6.45) is 3.74. The Labute approximate surface area is 129 Å². The zero-order valence-electron chi connectivity index (χ0n) is 12.5. The number of ether oxygens (including phenoxy) is 1. The Bertz CT molecular complexity index is 721. The number of hydrogen-bond acceptors (Lipinski definition) is 5. The molecule has 1 heterocycles. The van der Waals surface area contributed by atoms with E-state index < -0.39 is 16.0 Å². The predicted molar refractivity (Wildman–Crippen MR) is 76.7 cm³/mol. The number of nitrogens with one attached hydrogen (secondary N) is 1. The highest BCUT2D eigenvalue weighted by atomic mass is 32.2. The van der Waals surface area contributed by atoms with Gasteiger partial charge in [-0.1, -0.05) is 0 Å². The van der Waals surface area contributed by atoms with Gasteiger partial charge in [0.1, 0.15) is 10.7 Å². The lowest BCUT2D eigenvalue weighted by Gasteiger charge is -2.10. The third-order valence-electron chi connectivity index (χ3n) is 5.57. The van der Waals surface area contributed by atoms with Gasteiger partial charge in [0.2, 0.25) is 15.8 Å². The van der Waals surface area contributed by atoms with Gasteiger partial charge in [0.25, 0.3) is 0 Å². The molecule has 0 aliphatic heterocycles. The van der Waals surface area contributed by atoms with Crippen LogP contribution in [0.3, 0.4) is 0 Å². The van der Waals surface area contributed by atoms with Gasteiger partial charge in [0.15, 0.2) is 0 Å². The summed E-state index contributed by atoms with van der Waals surface area (Å²) < 4.78 is 37.7. The highest BCUT2D eigenvalue weighted by molar-refractivity contribution is 7.89. The first kappa shape index (κ1) is 14.3. The van der Waals surface area contributed by atoms with Crippen LogP contribution in [0, 0.1) is 30.6 Å². The van der Waals surface area contributed by atoms with Crippen molar-refractivity contribution in [3.63, 3.8) is 0 Å². The number of aryl methyl sites for hydroxylation is 1. The van der Waals surface area contributed by atoms with Gasteiger partial charge in [0, 0.05) is 12.1 Å². The van der Waals surface area contributed by atoms with E-state index in [2.05, 4.69) is 9.46 Å². The molecule has 120 valence electrons. The highest BCUT2D eigenvalue weighted by Crippen LogP contribution is 2.65. The van der Waals surface area contributed by atoms with Crippen LogP contribution in [0.25, 0.3) is 0 Å². The summed E-state index contributed by atoms with van der Waals surface area (Å²) in [5, 5.41) is 0. The zero-order valence-corrected chi connectivity index (χ0v) is 13.4. The molecule has 22 heavy (non-hydrogen) atoms. The third-order valence-corrected chi connectivity index (χ3v) is 7.14. The molecule has 0 aromatic carbocycles. The molecule has 7 heteroatoms. The van der Waals surface area contributed by atoms with E-state index in [1.165, 1.54) is 32.4 Å². The van der Waals surface area contributed by atoms with Crippen LogP contribution in [0.2, 0.25) is 0 Å². The molecule has 3 fully saturated rings. The van der Waals surface area contributed by atoms with Gasteiger partial charge in [-0.15, -0.1) is 0 Å². The van der Waals surface area contributed by atoms with Crippen LogP contribution < -0.4 is 4.72 Å². The molecule has 1 aromatic rings.